The Balaban J connectivity index is 1.19. The quantitative estimate of drug-likeness (QED) is 0.230. The van der Waals surface area contributed by atoms with Gasteiger partial charge in [-0.25, -0.2) is 21.9 Å². The molecule has 5 rings (SSSR count). The van der Waals surface area contributed by atoms with Crippen LogP contribution >= 0.6 is 27.5 Å². The fourth-order valence-electron chi connectivity index (χ4n) is 4.73. The van der Waals surface area contributed by atoms with Gasteiger partial charge in [0.25, 0.3) is 15.9 Å². The van der Waals surface area contributed by atoms with E-state index >= 15 is 0 Å². The highest BCUT2D eigenvalue weighted by atomic mass is 79.9. The fourth-order valence-corrected chi connectivity index (χ4v) is 6.08. The van der Waals surface area contributed by atoms with Crippen LogP contribution in [0.3, 0.4) is 0 Å². The molecule has 0 aliphatic carbocycles. The molecular formula is C30H25BrClF2N3O3S. The van der Waals surface area contributed by atoms with E-state index in [-0.39, 0.29) is 5.56 Å². The number of piperazine rings is 1. The van der Waals surface area contributed by atoms with Crippen LogP contribution in [0, 0.1) is 11.6 Å². The minimum atomic E-state index is -4.48. The topological polar surface area (TPSA) is 69.7 Å². The Kier molecular flexibility index (Phi) is 8.74. The molecule has 212 valence electrons. The molecule has 6 nitrogen and oxygen atoms in total. The standard InChI is InChI=1S/C30H25BrClF2N3O3S/c31-29-27(33)17-25(18-28(29)34)41(39,40)35-30(38)21-7-11-24(12-8-21)37-15-13-36(14-16-37)19-22-3-1-2-4-26(22)20-5-9-23(32)10-6-20/h1-12,17-18H,13-16,19H2,(H,35,38). The van der Waals surface area contributed by atoms with Gasteiger partial charge in [-0.1, -0.05) is 48.0 Å². The zero-order valence-corrected chi connectivity index (χ0v) is 24.8. The second-order valence-corrected chi connectivity index (χ2v) is 12.5. The lowest BCUT2D eigenvalue weighted by Gasteiger charge is -2.36. The molecule has 1 aliphatic rings. The van der Waals surface area contributed by atoms with Crippen molar-refractivity contribution in [3.8, 4) is 11.1 Å². The minimum absolute atomic E-state index is 0.104. The van der Waals surface area contributed by atoms with E-state index in [1.165, 1.54) is 23.3 Å². The van der Waals surface area contributed by atoms with Crippen molar-refractivity contribution in [1.82, 2.24) is 9.62 Å². The Hall–Kier alpha value is -3.31. The number of carbonyl (C=O) groups is 1. The van der Waals surface area contributed by atoms with Gasteiger partial charge in [0.2, 0.25) is 0 Å². The lowest BCUT2D eigenvalue weighted by atomic mass is 9.99. The first-order valence-electron chi connectivity index (χ1n) is 12.7. The number of halogens is 4. The van der Waals surface area contributed by atoms with Crippen molar-refractivity contribution in [3.05, 3.63) is 117 Å². The van der Waals surface area contributed by atoms with Crippen LogP contribution in [0.5, 0.6) is 0 Å². The van der Waals surface area contributed by atoms with Crippen LogP contribution < -0.4 is 9.62 Å². The van der Waals surface area contributed by atoms with Crippen LogP contribution in [0.25, 0.3) is 11.1 Å². The van der Waals surface area contributed by atoms with Crippen molar-refractivity contribution in [1.29, 1.82) is 0 Å². The molecule has 41 heavy (non-hydrogen) atoms. The lowest BCUT2D eigenvalue weighted by Crippen LogP contribution is -2.46. The maximum Gasteiger partial charge on any atom is 0.264 e. The van der Waals surface area contributed by atoms with Crippen LogP contribution in [0.2, 0.25) is 5.02 Å². The van der Waals surface area contributed by atoms with Gasteiger partial charge in [-0.2, -0.15) is 0 Å². The van der Waals surface area contributed by atoms with Crippen molar-refractivity contribution in [2.45, 2.75) is 11.4 Å². The third-order valence-electron chi connectivity index (χ3n) is 6.93. The van der Waals surface area contributed by atoms with Gasteiger partial charge in [0.15, 0.2) is 0 Å². The van der Waals surface area contributed by atoms with E-state index < -0.39 is 36.9 Å². The number of rotatable bonds is 7. The zero-order chi connectivity index (χ0) is 29.1. The van der Waals surface area contributed by atoms with Crippen molar-refractivity contribution in [2.24, 2.45) is 0 Å². The van der Waals surface area contributed by atoms with Crippen LogP contribution in [0.15, 0.2) is 94.3 Å². The molecule has 0 spiro atoms. The minimum Gasteiger partial charge on any atom is -0.369 e. The van der Waals surface area contributed by atoms with Crippen molar-refractivity contribution >= 4 is 49.1 Å². The van der Waals surface area contributed by atoms with Crippen molar-refractivity contribution < 1.29 is 22.0 Å². The molecule has 1 amide bonds. The predicted molar refractivity (Wildman–Crippen MR) is 160 cm³/mol. The highest BCUT2D eigenvalue weighted by molar-refractivity contribution is 9.10. The van der Waals surface area contributed by atoms with Crippen LogP contribution in [0.1, 0.15) is 15.9 Å². The molecular weight excluding hydrogens is 636 g/mol. The van der Waals surface area contributed by atoms with Crippen molar-refractivity contribution in [2.75, 3.05) is 31.1 Å². The van der Waals surface area contributed by atoms with Crippen LogP contribution in [0.4, 0.5) is 14.5 Å². The van der Waals surface area contributed by atoms with E-state index in [0.717, 1.165) is 44.0 Å². The molecule has 1 saturated heterocycles. The molecule has 4 aromatic carbocycles. The van der Waals surface area contributed by atoms with E-state index in [0.29, 0.717) is 17.2 Å². The lowest BCUT2D eigenvalue weighted by molar-refractivity contribution is 0.0981. The average molecular weight is 661 g/mol. The molecule has 0 aromatic heterocycles. The summed E-state index contributed by atoms with van der Waals surface area (Å²) in [5, 5.41) is 0.704. The smallest absolute Gasteiger partial charge is 0.264 e. The number of carbonyl (C=O) groups excluding carboxylic acids is 1. The number of hydrogen-bond donors (Lipinski definition) is 1. The Labute approximate surface area is 250 Å². The Bertz CT molecular complexity index is 1660. The van der Waals surface area contributed by atoms with Gasteiger partial charge in [0.1, 0.15) is 11.6 Å². The first kappa shape index (κ1) is 29.2. The summed E-state index contributed by atoms with van der Waals surface area (Å²) in [5.74, 6) is -3.08. The Morgan fingerprint density at radius 3 is 2.12 bits per heavy atom. The monoisotopic (exact) mass is 659 g/mol. The van der Waals surface area contributed by atoms with E-state index in [2.05, 4.69) is 37.9 Å². The summed E-state index contributed by atoms with van der Waals surface area (Å²) in [6, 6.07) is 24.0. The fraction of sp³-hybridized carbons (Fsp3) is 0.167. The summed E-state index contributed by atoms with van der Waals surface area (Å²) in [5.41, 5.74) is 4.55. The molecule has 1 aliphatic heterocycles. The summed E-state index contributed by atoms with van der Waals surface area (Å²) < 4.78 is 54.1. The summed E-state index contributed by atoms with van der Waals surface area (Å²) in [6.45, 7) is 4.06. The van der Waals surface area contributed by atoms with Gasteiger partial charge in [-0.15, -0.1) is 0 Å². The first-order valence-corrected chi connectivity index (χ1v) is 15.4. The Morgan fingerprint density at radius 2 is 1.49 bits per heavy atom. The number of hydrogen-bond acceptors (Lipinski definition) is 5. The van der Waals surface area contributed by atoms with Crippen LogP contribution in [-0.4, -0.2) is 45.4 Å². The molecule has 0 radical (unpaired) electrons. The van der Waals surface area contributed by atoms with Gasteiger partial charge < -0.3 is 4.90 Å². The molecule has 0 saturated carbocycles. The SMILES string of the molecule is O=C(NS(=O)(=O)c1cc(F)c(Br)c(F)c1)c1ccc(N2CCN(Cc3ccccc3-c3ccc(Cl)cc3)CC2)cc1. The highest BCUT2D eigenvalue weighted by Crippen LogP contribution is 2.27. The number of sulfonamides is 1. The van der Waals surface area contributed by atoms with E-state index in [9.17, 15) is 22.0 Å². The molecule has 1 N–H and O–H groups in total. The van der Waals surface area contributed by atoms with Gasteiger partial charge in [0, 0.05) is 49.0 Å². The van der Waals surface area contributed by atoms with Gasteiger partial charge in [-0.3, -0.25) is 9.69 Å². The van der Waals surface area contributed by atoms with Crippen LogP contribution in [-0.2, 0) is 16.6 Å². The Morgan fingerprint density at radius 1 is 0.878 bits per heavy atom. The summed E-state index contributed by atoms with van der Waals surface area (Å²) >= 11 is 8.76. The van der Waals surface area contributed by atoms with Gasteiger partial charge in [-0.05, 0) is 81.2 Å². The van der Waals surface area contributed by atoms with Crippen molar-refractivity contribution in [3.63, 3.8) is 0 Å². The number of amides is 1. The summed E-state index contributed by atoms with van der Waals surface area (Å²) in [6.07, 6.45) is 0. The first-order chi connectivity index (χ1) is 19.6. The normalized spacial score (nSPS) is 14.2. The molecule has 0 unspecified atom stereocenters. The number of nitrogens with one attached hydrogen (secondary N) is 1. The van der Waals surface area contributed by atoms with Gasteiger partial charge >= 0.3 is 0 Å². The number of benzene rings is 4. The summed E-state index contributed by atoms with van der Waals surface area (Å²) in [4.78, 5) is 16.5. The molecule has 4 aromatic rings. The summed E-state index contributed by atoms with van der Waals surface area (Å²) in [7, 11) is -4.48. The number of anilines is 1. The zero-order valence-electron chi connectivity index (χ0n) is 21.7. The maximum absolute atomic E-state index is 13.8. The molecule has 0 atom stereocenters. The third-order valence-corrected chi connectivity index (χ3v) is 9.25. The highest BCUT2D eigenvalue weighted by Gasteiger charge is 2.23. The van der Waals surface area contributed by atoms with E-state index in [1.54, 1.807) is 12.1 Å². The second-order valence-electron chi connectivity index (χ2n) is 9.61. The van der Waals surface area contributed by atoms with E-state index in [1.807, 2.05) is 41.1 Å². The largest absolute Gasteiger partial charge is 0.369 e. The molecule has 11 heteroatoms. The maximum atomic E-state index is 13.8. The molecule has 1 fully saturated rings. The molecule has 1 heterocycles. The second kappa shape index (κ2) is 12.3. The predicted octanol–water partition coefficient (Wildman–Crippen LogP) is 6.49. The van der Waals surface area contributed by atoms with E-state index in [4.69, 9.17) is 11.6 Å². The van der Waals surface area contributed by atoms with Gasteiger partial charge in [0.05, 0.1) is 9.37 Å². The molecule has 0 bridgehead atoms. The third kappa shape index (κ3) is 6.78. The number of nitrogens with zero attached hydrogens (tertiary/aromatic N) is 2. The average Bonchev–Trinajstić information content (AvgIpc) is 2.97.